The summed E-state index contributed by atoms with van der Waals surface area (Å²) in [4.78, 5) is 0. The topological polar surface area (TPSA) is 67.4 Å². The van der Waals surface area contributed by atoms with Crippen molar-refractivity contribution in [2.24, 2.45) is 0 Å². The number of hydrogen-bond donors (Lipinski definition) is 2. The van der Waals surface area contributed by atoms with Crippen LogP contribution < -0.4 is 9.47 Å². The first-order valence-corrected chi connectivity index (χ1v) is 9.83. The Hall–Kier alpha value is -3.44. The molecule has 0 atom stereocenters. The van der Waals surface area contributed by atoms with Gasteiger partial charge in [0.2, 0.25) is 0 Å². The molecule has 3 aromatic carbocycles. The van der Waals surface area contributed by atoms with Crippen molar-refractivity contribution in [3.8, 4) is 39.6 Å². The van der Waals surface area contributed by atoms with Gasteiger partial charge in [-0.15, -0.1) is 0 Å². The Kier molecular flexibility index (Phi) is 5.63. The average Bonchev–Trinajstić information content (AvgIpc) is 3.14. The lowest BCUT2D eigenvalue weighted by Gasteiger charge is -2.11. The van der Waals surface area contributed by atoms with Crippen LogP contribution in [0.15, 0.2) is 66.7 Å². The van der Waals surface area contributed by atoms with E-state index in [1.807, 2.05) is 67.6 Å². The molecule has 0 aliphatic carbocycles. The Morgan fingerprint density at radius 2 is 1.80 bits per heavy atom. The van der Waals surface area contributed by atoms with Gasteiger partial charge in [-0.3, -0.25) is 5.10 Å². The van der Waals surface area contributed by atoms with Gasteiger partial charge in [-0.05, 0) is 54.4 Å². The highest BCUT2D eigenvalue weighted by Gasteiger charge is 2.18. The number of rotatable bonds is 6. The van der Waals surface area contributed by atoms with Gasteiger partial charge in [0.15, 0.2) is 0 Å². The summed E-state index contributed by atoms with van der Waals surface area (Å²) in [5, 5.41) is 18.8. The van der Waals surface area contributed by atoms with Crippen molar-refractivity contribution in [1.82, 2.24) is 10.2 Å². The molecule has 5 nitrogen and oxygen atoms in total. The molecule has 0 unspecified atom stereocenters. The molecule has 0 bridgehead atoms. The number of H-pyrrole nitrogens is 1. The van der Waals surface area contributed by atoms with Gasteiger partial charge in [0.25, 0.3) is 0 Å². The van der Waals surface area contributed by atoms with Crippen LogP contribution >= 0.6 is 11.6 Å². The zero-order valence-corrected chi connectivity index (χ0v) is 17.4. The molecule has 0 saturated heterocycles. The summed E-state index contributed by atoms with van der Waals surface area (Å²) in [6, 6.07) is 20.4. The second-order valence-corrected chi connectivity index (χ2v) is 7.33. The fourth-order valence-corrected chi connectivity index (χ4v) is 3.43. The van der Waals surface area contributed by atoms with Crippen LogP contribution in [0.2, 0.25) is 5.02 Å². The molecule has 1 aromatic heterocycles. The van der Waals surface area contributed by atoms with Gasteiger partial charge >= 0.3 is 0 Å². The number of phenols is 1. The normalized spacial score (nSPS) is 10.8. The van der Waals surface area contributed by atoms with Crippen molar-refractivity contribution < 1.29 is 14.6 Å². The second kappa shape index (κ2) is 8.51. The maximum Gasteiger partial charge on any atom is 0.128 e. The van der Waals surface area contributed by atoms with Crippen LogP contribution in [0.4, 0.5) is 0 Å². The SMILES string of the molecule is COc1cccc(-c2c(-c3ccc(OCc4ccc(Cl)cc4)cc3O)n[nH]c2C)c1. The standard InChI is InChI=1S/C24H21ClN2O3/c1-15-23(17-4-3-5-19(12-17)29-2)24(27-26-15)21-11-10-20(13-22(21)28)30-14-16-6-8-18(25)9-7-16/h3-13,28H,14H2,1-2H3,(H,26,27). The van der Waals surface area contributed by atoms with E-state index in [0.717, 1.165) is 28.1 Å². The Bertz CT molecular complexity index is 1170. The minimum Gasteiger partial charge on any atom is -0.507 e. The molecule has 0 aliphatic rings. The van der Waals surface area contributed by atoms with E-state index in [4.69, 9.17) is 21.1 Å². The number of aromatic nitrogens is 2. The van der Waals surface area contributed by atoms with Crippen LogP contribution in [0.3, 0.4) is 0 Å². The third kappa shape index (κ3) is 4.11. The van der Waals surface area contributed by atoms with Crippen LogP contribution in [0.25, 0.3) is 22.4 Å². The van der Waals surface area contributed by atoms with E-state index in [0.29, 0.717) is 28.6 Å². The summed E-state index contributed by atoms with van der Waals surface area (Å²) in [5.41, 5.74) is 5.06. The van der Waals surface area contributed by atoms with Crippen molar-refractivity contribution in [1.29, 1.82) is 0 Å². The van der Waals surface area contributed by atoms with E-state index >= 15 is 0 Å². The summed E-state index contributed by atoms with van der Waals surface area (Å²) in [7, 11) is 1.64. The number of aryl methyl sites for hydroxylation is 1. The number of aromatic amines is 1. The molecule has 1 heterocycles. The number of aromatic hydroxyl groups is 1. The summed E-state index contributed by atoms with van der Waals surface area (Å²) in [5.74, 6) is 1.43. The molecule has 0 aliphatic heterocycles. The lowest BCUT2D eigenvalue weighted by Crippen LogP contribution is -1.95. The summed E-state index contributed by atoms with van der Waals surface area (Å²) >= 11 is 5.91. The minimum atomic E-state index is 0.0965. The molecule has 2 N–H and O–H groups in total. The van der Waals surface area contributed by atoms with Gasteiger partial charge in [-0.2, -0.15) is 5.10 Å². The highest BCUT2D eigenvalue weighted by Crippen LogP contribution is 2.39. The van der Waals surface area contributed by atoms with E-state index in [2.05, 4.69) is 10.2 Å². The fourth-order valence-electron chi connectivity index (χ4n) is 3.30. The highest BCUT2D eigenvalue weighted by molar-refractivity contribution is 6.30. The molecular weight excluding hydrogens is 400 g/mol. The van der Waals surface area contributed by atoms with Gasteiger partial charge in [-0.25, -0.2) is 0 Å². The van der Waals surface area contributed by atoms with Crippen LogP contribution in [0.5, 0.6) is 17.2 Å². The predicted octanol–water partition coefficient (Wildman–Crippen LogP) is 6.00. The summed E-state index contributed by atoms with van der Waals surface area (Å²) in [6.45, 7) is 2.33. The molecular formula is C24H21ClN2O3. The van der Waals surface area contributed by atoms with Gasteiger partial charge in [0, 0.05) is 27.9 Å². The Morgan fingerprint density at radius 1 is 1.00 bits per heavy atom. The van der Waals surface area contributed by atoms with Crippen molar-refractivity contribution in [3.05, 3.63) is 83.0 Å². The van der Waals surface area contributed by atoms with E-state index in [-0.39, 0.29) is 5.75 Å². The van der Waals surface area contributed by atoms with Gasteiger partial charge in [0.1, 0.15) is 29.5 Å². The molecule has 30 heavy (non-hydrogen) atoms. The molecule has 0 saturated carbocycles. The third-order valence-corrected chi connectivity index (χ3v) is 5.10. The fraction of sp³-hybridized carbons (Fsp3) is 0.125. The zero-order chi connectivity index (χ0) is 21.1. The second-order valence-electron chi connectivity index (χ2n) is 6.90. The number of hydrogen-bond acceptors (Lipinski definition) is 4. The first-order chi connectivity index (χ1) is 14.5. The van der Waals surface area contributed by atoms with Gasteiger partial charge in [0.05, 0.1) is 7.11 Å². The van der Waals surface area contributed by atoms with E-state index in [9.17, 15) is 5.11 Å². The molecule has 4 aromatic rings. The molecule has 6 heteroatoms. The first-order valence-electron chi connectivity index (χ1n) is 9.45. The number of methoxy groups -OCH3 is 1. The number of benzene rings is 3. The number of nitrogens with one attached hydrogen (secondary N) is 1. The van der Waals surface area contributed by atoms with E-state index in [1.165, 1.54) is 0 Å². The molecule has 0 amide bonds. The van der Waals surface area contributed by atoms with Gasteiger partial charge in [-0.1, -0.05) is 35.9 Å². The lowest BCUT2D eigenvalue weighted by molar-refractivity contribution is 0.304. The largest absolute Gasteiger partial charge is 0.507 e. The van der Waals surface area contributed by atoms with Crippen LogP contribution in [0, 0.1) is 6.92 Å². The number of phenolic OH excluding ortho intramolecular Hbond substituents is 1. The van der Waals surface area contributed by atoms with Crippen LogP contribution in [-0.4, -0.2) is 22.4 Å². The molecule has 4 rings (SSSR count). The number of nitrogens with zero attached hydrogens (tertiary/aromatic N) is 1. The Labute approximate surface area is 179 Å². The quantitative estimate of drug-likeness (QED) is 0.401. The Balaban J connectivity index is 1.61. The predicted molar refractivity (Wildman–Crippen MR) is 118 cm³/mol. The van der Waals surface area contributed by atoms with Crippen molar-refractivity contribution in [2.45, 2.75) is 13.5 Å². The van der Waals surface area contributed by atoms with Crippen molar-refractivity contribution >= 4 is 11.6 Å². The van der Waals surface area contributed by atoms with Crippen LogP contribution in [0.1, 0.15) is 11.3 Å². The smallest absolute Gasteiger partial charge is 0.128 e. The molecule has 0 radical (unpaired) electrons. The monoisotopic (exact) mass is 420 g/mol. The van der Waals surface area contributed by atoms with E-state index in [1.54, 1.807) is 13.2 Å². The minimum absolute atomic E-state index is 0.0965. The highest BCUT2D eigenvalue weighted by atomic mass is 35.5. The molecule has 0 fully saturated rings. The first kappa shape index (κ1) is 19.9. The average molecular weight is 421 g/mol. The van der Waals surface area contributed by atoms with Gasteiger partial charge < -0.3 is 14.6 Å². The van der Waals surface area contributed by atoms with E-state index < -0.39 is 0 Å². The summed E-state index contributed by atoms with van der Waals surface area (Å²) in [6.07, 6.45) is 0. The van der Waals surface area contributed by atoms with Crippen LogP contribution in [-0.2, 0) is 6.61 Å². The van der Waals surface area contributed by atoms with Crippen molar-refractivity contribution in [2.75, 3.05) is 7.11 Å². The number of halogens is 1. The molecule has 152 valence electrons. The number of ether oxygens (including phenoxy) is 2. The summed E-state index contributed by atoms with van der Waals surface area (Å²) < 4.78 is 11.1. The maximum atomic E-state index is 10.7. The molecule has 0 spiro atoms. The third-order valence-electron chi connectivity index (χ3n) is 4.85. The Morgan fingerprint density at radius 3 is 2.53 bits per heavy atom. The maximum absolute atomic E-state index is 10.7. The van der Waals surface area contributed by atoms with Crippen molar-refractivity contribution in [3.63, 3.8) is 0 Å². The zero-order valence-electron chi connectivity index (χ0n) is 16.6. The lowest BCUT2D eigenvalue weighted by atomic mass is 9.98.